The molecule has 0 bridgehead atoms. The highest BCUT2D eigenvalue weighted by molar-refractivity contribution is 6.22. The molecular formula is C27H33N3O8. The molecule has 0 saturated heterocycles. The Morgan fingerprint density at radius 2 is 1.76 bits per heavy atom. The molecule has 0 spiro atoms. The minimum absolute atomic E-state index is 0.0253. The zero-order valence-corrected chi connectivity index (χ0v) is 22.0. The summed E-state index contributed by atoms with van der Waals surface area (Å²) in [6.07, 6.45) is -0.129. The Hall–Kier alpha value is -3.70. The lowest BCUT2D eigenvalue weighted by Crippen LogP contribution is -2.58. The van der Waals surface area contributed by atoms with Gasteiger partial charge in [-0.15, -0.1) is 0 Å². The zero-order chi connectivity index (χ0) is 28.5. The number of carbonyl (C=O) groups excluding carboxylic acids is 4. The van der Waals surface area contributed by atoms with Crippen LogP contribution in [0.5, 0.6) is 5.75 Å². The van der Waals surface area contributed by atoms with Crippen molar-refractivity contribution in [2.45, 2.75) is 51.7 Å². The summed E-state index contributed by atoms with van der Waals surface area (Å²) < 4.78 is 0. The van der Waals surface area contributed by atoms with Gasteiger partial charge < -0.3 is 31.5 Å². The van der Waals surface area contributed by atoms with Gasteiger partial charge in [0.2, 0.25) is 11.7 Å². The quantitative estimate of drug-likeness (QED) is 0.248. The summed E-state index contributed by atoms with van der Waals surface area (Å²) in [4.78, 5) is 52.6. The van der Waals surface area contributed by atoms with E-state index in [-0.39, 0.29) is 42.0 Å². The number of aliphatic hydroxyl groups excluding tert-OH is 2. The molecule has 1 aromatic rings. The van der Waals surface area contributed by atoms with Gasteiger partial charge in [0.05, 0.1) is 17.3 Å². The van der Waals surface area contributed by atoms with Crippen LogP contribution in [-0.2, 0) is 25.6 Å². The highest BCUT2D eigenvalue weighted by atomic mass is 16.3. The van der Waals surface area contributed by atoms with E-state index in [0.717, 1.165) is 0 Å². The molecule has 3 aliphatic carbocycles. The molecule has 38 heavy (non-hydrogen) atoms. The first-order valence-electron chi connectivity index (χ1n) is 12.3. The van der Waals surface area contributed by atoms with Crippen molar-refractivity contribution in [2.75, 3.05) is 19.4 Å². The van der Waals surface area contributed by atoms with Gasteiger partial charge in [-0.1, -0.05) is 26.8 Å². The van der Waals surface area contributed by atoms with Gasteiger partial charge in [-0.05, 0) is 49.9 Å². The normalized spacial score (nSPS) is 26.1. The van der Waals surface area contributed by atoms with Gasteiger partial charge in [-0.3, -0.25) is 24.1 Å². The number of amides is 2. The Bertz CT molecular complexity index is 1340. The van der Waals surface area contributed by atoms with Gasteiger partial charge in [-0.2, -0.15) is 0 Å². The van der Waals surface area contributed by atoms with Crippen molar-refractivity contribution >= 4 is 34.8 Å². The van der Waals surface area contributed by atoms with E-state index in [4.69, 9.17) is 5.73 Å². The van der Waals surface area contributed by atoms with Crippen molar-refractivity contribution in [1.29, 1.82) is 0 Å². The molecule has 11 heteroatoms. The lowest BCUT2D eigenvalue weighted by atomic mass is 9.59. The first-order valence-corrected chi connectivity index (χ1v) is 12.3. The summed E-state index contributed by atoms with van der Waals surface area (Å²) in [5, 5.41) is 47.0. The number of nitrogens with one attached hydrogen (secondary N) is 1. The number of phenolic OH excluding ortho intramolecular Hbond substituents is 1. The highest BCUT2D eigenvalue weighted by Gasteiger charge is 2.60. The number of aliphatic hydroxyl groups is 3. The third-order valence-electron chi connectivity index (χ3n) is 7.78. The molecule has 4 atom stereocenters. The number of primary amides is 1. The number of nitrogens with zero attached hydrogens (tertiary/aromatic N) is 1. The van der Waals surface area contributed by atoms with Crippen LogP contribution in [0.2, 0.25) is 0 Å². The van der Waals surface area contributed by atoms with Crippen molar-refractivity contribution in [3.63, 3.8) is 0 Å². The molecule has 0 aromatic heterocycles. The lowest BCUT2D eigenvalue weighted by Gasteiger charge is -2.46. The molecular weight excluding hydrogens is 494 g/mol. The fourth-order valence-corrected chi connectivity index (χ4v) is 6.30. The Balaban J connectivity index is 1.79. The second-order valence-electron chi connectivity index (χ2n) is 11.6. The average Bonchev–Trinajstić information content (AvgIpc) is 2.76. The molecule has 4 rings (SSSR count). The molecule has 2 amide bonds. The number of carbonyl (C=O) groups is 4. The van der Waals surface area contributed by atoms with E-state index in [9.17, 15) is 39.6 Å². The summed E-state index contributed by atoms with van der Waals surface area (Å²) in [6, 6.07) is 2.58. The fraction of sp³-hybridized carbons (Fsp3) is 0.481. The van der Waals surface area contributed by atoms with E-state index in [1.165, 1.54) is 6.07 Å². The number of phenols is 1. The van der Waals surface area contributed by atoms with Gasteiger partial charge in [0.1, 0.15) is 22.8 Å². The number of Topliss-reactive ketones (excluding diaryl/α,β-unsaturated/α-hetero) is 2. The molecule has 0 heterocycles. The third-order valence-corrected chi connectivity index (χ3v) is 7.78. The maximum atomic E-state index is 13.6. The number of nitrogens with two attached hydrogens (primary N) is 1. The van der Waals surface area contributed by atoms with Crippen LogP contribution in [-0.4, -0.2) is 74.4 Å². The molecule has 0 radical (unpaired) electrons. The first-order chi connectivity index (χ1) is 17.5. The molecule has 1 saturated carbocycles. The van der Waals surface area contributed by atoms with Gasteiger partial charge in [0.15, 0.2) is 11.4 Å². The van der Waals surface area contributed by atoms with Crippen molar-refractivity contribution < 1.29 is 39.6 Å². The third kappa shape index (κ3) is 3.97. The summed E-state index contributed by atoms with van der Waals surface area (Å²) >= 11 is 0. The number of hydrogen-bond acceptors (Lipinski definition) is 9. The van der Waals surface area contributed by atoms with Crippen LogP contribution in [0.3, 0.4) is 0 Å². The summed E-state index contributed by atoms with van der Waals surface area (Å²) in [5.74, 6) is -7.32. The summed E-state index contributed by atoms with van der Waals surface area (Å²) in [7, 11) is 3.52. The van der Waals surface area contributed by atoms with E-state index in [1.807, 2.05) is 20.8 Å². The van der Waals surface area contributed by atoms with Crippen LogP contribution >= 0.6 is 0 Å². The van der Waals surface area contributed by atoms with Gasteiger partial charge in [-0.25, -0.2) is 0 Å². The maximum absolute atomic E-state index is 13.6. The van der Waals surface area contributed by atoms with Crippen LogP contribution in [0.15, 0.2) is 29.0 Å². The van der Waals surface area contributed by atoms with Crippen molar-refractivity contribution in [2.24, 2.45) is 23.0 Å². The zero-order valence-electron chi connectivity index (χ0n) is 22.0. The summed E-state index contributed by atoms with van der Waals surface area (Å²) in [6.45, 7) is 5.71. The number of anilines is 1. The number of fused-ring (bicyclic) bond motifs is 3. The Labute approximate surface area is 219 Å². The predicted molar refractivity (Wildman–Crippen MR) is 137 cm³/mol. The smallest absolute Gasteiger partial charge is 0.255 e. The van der Waals surface area contributed by atoms with E-state index < -0.39 is 69.2 Å². The topological polar surface area (TPSA) is 190 Å². The van der Waals surface area contributed by atoms with Crippen LogP contribution in [0, 0.1) is 17.3 Å². The maximum Gasteiger partial charge on any atom is 0.255 e. The second-order valence-corrected chi connectivity index (χ2v) is 11.6. The number of hydrogen-bond donors (Lipinski definition) is 6. The van der Waals surface area contributed by atoms with Crippen molar-refractivity contribution in [3.8, 4) is 5.75 Å². The number of aromatic hydroxyl groups is 1. The predicted octanol–water partition coefficient (Wildman–Crippen LogP) is 1.34. The second kappa shape index (κ2) is 8.95. The lowest BCUT2D eigenvalue weighted by molar-refractivity contribution is -0.147. The van der Waals surface area contributed by atoms with E-state index in [0.29, 0.717) is 5.56 Å². The first kappa shape index (κ1) is 27.3. The average molecular weight is 528 g/mol. The fourth-order valence-electron chi connectivity index (χ4n) is 6.30. The molecule has 4 unspecified atom stereocenters. The minimum Gasteiger partial charge on any atom is -0.508 e. The van der Waals surface area contributed by atoms with Gasteiger partial charge in [0, 0.05) is 17.9 Å². The Morgan fingerprint density at radius 3 is 2.32 bits per heavy atom. The Kier molecular flexibility index (Phi) is 6.44. The van der Waals surface area contributed by atoms with E-state index in [2.05, 4.69) is 5.32 Å². The van der Waals surface area contributed by atoms with Crippen LogP contribution in [0.1, 0.15) is 44.7 Å². The molecule has 1 fully saturated rings. The monoisotopic (exact) mass is 527 g/mol. The molecule has 1 aromatic carbocycles. The molecule has 0 aliphatic heterocycles. The van der Waals surface area contributed by atoms with Gasteiger partial charge in [0.25, 0.3) is 5.91 Å². The highest BCUT2D eigenvalue weighted by Crippen LogP contribution is 2.52. The molecule has 204 valence electrons. The molecule has 11 nitrogen and oxygen atoms in total. The number of benzene rings is 1. The Morgan fingerprint density at radius 1 is 1.13 bits per heavy atom. The minimum atomic E-state index is -2.62. The number of rotatable bonds is 4. The molecule has 7 N–H and O–H groups in total. The number of ketones is 2. The van der Waals surface area contributed by atoms with Crippen LogP contribution in [0.4, 0.5) is 5.69 Å². The number of likely N-dealkylation sites (N-methyl/N-ethyl adjacent to an activating group) is 1. The van der Waals surface area contributed by atoms with Crippen molar-refractivity contribution in [3.05, 3.63) is 40.2 Å². The van der Waals surface area contributed by atoms with Gasteiger partial charge >= 0.3 is 0 Å². The van der Waals surface area contributed by atoms with Crippen LogP contribution in [0.25, 0.3) is 5.76 Å². The van der Waals surface area contributed by atoms with E-state index in [1.54, 1.807) is 25.1 Å². The summed E-state index contributed by atoms with van der Waals surface area (Å²) in [5.41, 5.74) is 1.53. The largest absolute Gasteiger partial charge is 0.508 e. The standard InChI is InChI=1S/C27H33N3O8/c1-26(2,3)21(30(4)5)25(37)29-14-7-6-11-8-12-9-13-10-15(31)18(24(28)36)23(35)27(13,38)22(34)17(12)20(33)16(11)19(14)32/h6-7,12-13,21,32-33,35,38H,8-10H2,1-5H3,(H2,28,36)(H,29,37). The van der Waals surface area contributed by atoms with Crippen molar-refractivity contribution in [1.82, 2.24) is 4.90 Å². The van der Waals surface area contributed by atoms with E-state index >= 15 is 0 Å². The van der Waals surface area contributed by atoms with Crippen LogP contribution < -0.4 is 11.1 Å². The molecule has 3 aliphatic rings. The SMILES string of the molecule is CN(C)C(C(=O)Nc1ccc2c(c1O)C(O)=C1C(=O)C3(O)C(O)=C(C(N)=O)C(=O)CC3CC1C2)C(C)(C)C.